The molecular formula is C14H19N3O. The molecule has 0 radical (unpaired) electrons. The second kappa shape index (κ2) is 5.06. The van der Waals surface area contributed by atoms with Gasteiger partial charge >= 0.3 is 0 Å². The maximum Gasteiger partial charge on any atom is 0.128 e. The zero-order valence-corrected chi connectivity index (χ0v) is 10.9. The zero-order chi connectivity index (χ0) is 12.4. The number of pyridine rings is 1. The molecule has 0 bridgehead atoms. The van der Waals surface area contributed by atoms with Crippen molar-refractivity contribution in [3.63, 3.8) is 0 Å². The summed E-state index contributed by atoms with van der Waals surface area (Å²) in [5, 5.41) is 0. The lowest BCUT2D eigenvalue weighted by Gasteiger charge is -2.28. The van der Waals surface area contributed by atoms with E-state index in [2.05, 4.69) is 27.9 Å². The van der Waals surface area contributed by atoms with Gasteiger partial charge in [0.25, 0.3) is 0 Å². The number of anilines is 1. The Hall–Kier alpha value is -1.42. The first-order chi connectivity index (χ1) is 8.84. The van der Waals surface area contributed by atoms with Crippen molar-refractivity contribution in [2.75, 3.05) is 37.7 Å². The average molecular weight is 245 g/mol. The first kappa shape index (κ1) is 11.7. The van der Waals surface area contributed by atoms with Crippen LogP contribution in [0.5, 0.6) is 0 Å². The molecule has 0 N–H and O–H groups in total. The number of morpholine rings is 1. The van der Waals surface area contributed by atoms with Gasteiger partial charge in [-0.3, -0.25) is 4.99 Å². The van der Waals surface area contributed by atoms with Crippen LogP contribution in [0.3, 0.4) is 0 Å². The van der Waals surface area contributed by atoms with E-state index in [-0.39, 0.29) is 0 Å². The van der Waals surface area contributed by atoms with Crippen LogP contribution in [-0.4, -0.2) is 43.5 Å². The maximum absolute atomic E-state index is 5.37. The highest BCUT2D eigenvalue weighted by Gasteiger charge is 2.16. The van der Waals surface area contributed by atoms with E-state index in [1.807, 2.05) is 6.20 Å². The van der Waals surface area contributed by atoms with Gasteiger partial charge in [0.05, 0.1) is 13.2 Å². The maximum atomic E-state index is 5.37. The first-order valence-electron chi connectivity index (χ1n) is 6.67. The van der Waals surface area contributed by atoms with E-state index in [0.29, 0.717) is 0 Å². The second-order valence-corrected chi connectivity index (χ2v) is 4.89. The fourth-order valence-electron chi connectivity index (χ4n) is 2.57. The van der Waals surface area contributed by atoms with E-state index in [1.54, 1.807) is 0 Å². The van der Waals surface area contributed by atoms with Crippen molar-refractivity contribution in [3.05, 3.63) is 23.4 Å². The van der Waals surface area contributed by atoms with Crippen LogP contribution in [-0.2, 0) is 4.74 Å². The molecule has 3 heterocycles. The van der Waals surface area contributed by atoms with Gasteiger partial charge in [0, 0.05) is 37.1 Å². The van der Waals surface area contributed by atoms with E-state index in [0.717, 1.165) is 45.1 Å². The Morgan fingerprint density at radius 2 is 2.11 bits per heavy atom. The van der Waals surface area contributed by atoms with Crippen LogP contribution >= 0.6 is 0 Å². The minimum absolute atomic E-state index is 0.801. The molecule has 4 nitrogen and oxygen atoms in total. The number of aliphatic imine (C=N–C) groups is 1. The van der Waals surface area contributed by atoms with Gasteiger partial charge in [-0.05, 0) is 31.4 Å². The summed E-state index contributed by atoms with van der Waals surface area (Å²) in [6.07, 6.45) is 4.27. The molecule has 1 saturated heterocycles. The minimum Gasteiger partial charge on any atom is -0.378 e. The van der Waals surface area contributed by atoms with Crippen molar-refractivity contribution in [3.8, 4) is 0 Å². The highest BCUT2D eigenvalue weighted by molar-refractivity contribution is 6.02. The van der Waals surface area contributed by atoms with E-state index >= 15 is 0 Å². The standard InChI is InChI=1S/C14H19N3O/c1-11-9-14(17-5-7-18-8-6-17)16-10-12(11)13-3-2-4-15-13/h9-10H,2-8H2,1H3. The lowest BCUT2D eigenvalue weighted by molar-refractivity contribution is 0.122. The Kier molecular flexibility index (Phi) is 3.28. The van der Waals surface area contributed by atoms with Gasteiger partial charge in [-0.25, -0.2) is 4.98 Å². The summed E-state index contributed by atoms with van der Waals surface area (Å²) in [6, 6.07) is 2.18. The molecule has 96 valence electrons. The molecule has 0 saturated carbocycles. The van der Waals surface area contributed by atoms with Crippen molar-refractivity contribution in [1.29, 1.82) is 0 Å². The molecule has 0 amide bonds. The number of aryl methyl sites for hydroxylation is 1. The van der Waals surface area contributed by atoms with Crippen LogP contribution in [0, 0.1) is 6.92 Å². The molecule has 0 aromatic carbocycles. The first-order valence-corrected chi connectivity index (χ1v) is 6.67. The molecule has 1 fully saturated rings. The smallest absolute Gasteiger partial charge is 0.128 e. The molecule has 1 aromatic rings. The Morgan fingerprint density at radius 1 is 1.28 bits per heavy atom. The minimum atomic E-state index is 0.801. The lowest BCUT2D eigenvalue weighted by atomic mass is 10.0. The summed E-state index contributed by atoms with van der Waals surface area (Å²) in [4.78, 5) is 11.4. The highest BCUT2D eigenvalue weighted by Crippen LogP contribution is 2.20. The van der Waals surface area contributed by atoms with Crippen molar-refractivity contribution >= 4 is 11.5 Å². The number of hydrogen-bond acceptors (Lipinski definition) is 4. The van der Waals surface area contributed by atoms with Crippen LogP contribution in [0.25, 0.3) is 0 Å². The Morgan fingerprint density at radius 3 is 2.78 bits per heavy atom. The topological polar surface area (TPSA) is 37.7 Å². The van der Waals surface area contributed by atoms with Crippen molar-refractivity contribution in [1.82, 2.24) is 4.98 Å². The number of aromatic nitrogens is 1. The molecule has 18 heavy (non-hydrogen) atoms. The number of hydrogen-bond donors (Lipinski definition) is 0. The quantitative estimate of drug-likeness (QED) is 0.797. The van der Waals surface area contributed by atoms with Crippen LogP contribution in [0.1, 0.15) is 24.0 Å². The number of ether oxygens (including phenoxy) is 1. The normalized spacial score (nSPS) is 20.1. The number of nitrogens with zero attached hydrogens (tertiary/aromatic N) is 3. The summed E-state index contributed by atoms with van der Waals surface area (Å²) in [5.74, 6) is 1.07. The molecule has 0 spiro atoms. The summed E-state index contributed by atoms with van der Waals surface area (Å²) in [5.41, 5.74) is 3.74. The lowest BCUT2D eigenvalue weighted by Crippen LogP contribution is -2.36. The molecule has 2 aliphatic rings. The average Bonchev–Trinajstić information content (AvgIpc) is 2.93. The summed E-state index contributed by atoms with van der Waals surface area (Å²) < 4.78 is 5.37. The summed E-state index contributed by atoms with van der Waals surface area (Å²) in [7, 11) is 0. The van der Waals surface area contributed by atoms with E-state index in [1.165, 1.54) is 23.3 Å². The van der Waals surface area contributed by atoms with Gasteiger partial charge in [0.2, 0.25) is 0 Å². The highest BCUT2D eigenvalue weighted by atomic mass is 16.5. The number of rotatable bonds is 2. The van der Waals surface area contributed by atoms with E-state index < -0.39 is 0 Å². The summed E-state index contributed by atoms with van der Waals surface area (Å²) in [6.45, 7) is 6.60. The van der Waals surface area contributed by atoms with Gasteiger partial charge < -0.3 is 9.64 Å². The third-order valence-electron chi connectivity index (χ3n) is 3.62. The van der Waals surface area contributed by atoms with Crippen LogP contribution < -0.4 is 4.90 Å². The Bertz CT molecular complexity index is 464. The molecule has 0 unspecified atom stereocenters. The molecule has 2 aliphatic heterocycles. The van der Waals surface area contributed by atoms with Crippen LogP contribution in [0.15, 0.2) is 17.3 Å². The van der Waals surface area contributed by atoms with Gasteiger partial charge in [-0.1, -0.05) is 0 Å². The van der Waals surface area contributed by atoms with Crippen LogP contribution in [0.2, 0.25) is 0 Å². The predicted octanol–water partition coefficient (Wildman–Crippen LogP) is 1.81. The van der Waals surface area contributed by atoms with Crippen molar-refractivity contribution in [2.24, 2.45) is 4.99 Å². The predicted molar refractivity (Wildman–Crippen MR) is 72.6 cm³/mol. The van der Waals surface area contributed by atoms with Gasteiger partial charge in [0.1, 0.15) is 5.82 Å². The Labute approximate surface area is 108 Å². The molecule has 4 heteroatoms. The third kappa shape index (κ3) is 2.25. The van der Waals surface area contributed by atoms with E-state index in [4.69, 9.17) is 4.74 Å². The largest absolute Gasteiger partial charge is 0.378 e. The molecule has 0 atom stereocenters. The molecule has 0 aliphatic carbocycles. The summed E-state index contributed by atoms with van der Waals surface area (Å²) >= 11 is 0. The fourth-order valence-corrected chi connectivity index (χ4v) is 2.57. The zero-order valence-electron chi connectivity index (χ0n) is 10.9. The fraction of sp³-hybridized carbons (Fsp3) is 0.571. The molecule has 1 aromatic heterocycles. The van der Waals surface area contributed by atoms with Crippen LogP contribution in [0.4, 0.5) is 5.82 Å². The van der Waals surface area contributed by atoms with Gasteiger partial charge in [-0.15, -0.1) is 0 Å². The van der Waals surface area contributed by atoms with E-state index in [9.17, 15) is 0 Å². The second-order valence-electron chi connectivity index (χ2n) is 4.89. The molecular weight excluding hydrogens is 226 g/mol. The van der Waals surface area contributed by atoms with Crippen molar-refractivity contribution < 1.29 is 4.74 Å². The SMILES string of the molecule is Cc1cc(N2CCOCC2)ncc1C1=NCCC1. The Balaban J connectivity index is 1.83. The van der Waals surface area contributed by atoms with Gasteiger partial charge in [-0.2, -0.15) is 0 Å². The van der Waals surface area contributed by atoms with Gasteiger partial charge in [0.15, 0.2) is 0 Å². The monoisotopic (exact) mass is 245 g/mol. The molecule has 3 rings (SSSR count). The van der Waals surface area contributed by atoms with Crippen molar-refractivity contribution in [2.45, 2.75) is 19.8 Å². The third-order valence-corrected chi connectivity index (χ3v) is 3.62.